The van der Waals surface area contributed by atoms with E-state index in [0.717, 1.165) is 36.4 Å². The number of fused-ring (bicyclic) bond motifs is 1. The molecule has 1 aromatic heterocycles. The second-order valence-corrected chi connectivity index (χ2v) is 6.92. The number of hydrogen-bond donors (Lipinski definition) is 2. The van der Waals surface area contributed by atoms with E-state index in [1.165, 1.54) is 5.70 Å². The molecule has 0 spiro atoms. The molecule has 114 valence electrons. The first-order chi connectivity index (χ1) is 9.98. The fraction of sp³-hybridized carbons (Fsp3) is 0.588. The van der Waals surface area contributed by atoms with Crippen molar-refractivity contribution in [1.82, 2.24) is 15.6 Å². The molecule has 1 aromatic rings. The summed E-state index contributed by atoms with van der Waals surface area (Å²) in [5, 5.41) is 6.99. The summed E-state index contributed by atoms with van der Waals surface area (Å²) in [7, 11) is 0. The van der Waals surface area contributed by atoms with Gasteiger partial charge in [-0.25, -0.2) is 0 Å². The van der Waals surface area contributed by atoms with Gasteiger partial charge in [-0.1, -0.05) is 6.58 Å². The molecule has 0 radical (unpaired) electrons. The van der Waals surface area contributed by atoms with Gasteiger partial charge < -0.3 is 15.4 Å². The van der Waals surface area contributed by atoms with E-state index in [1.807, 2.05) is 19.1 Å². The normalized spacial score (nSPS) is 27.1. The van der Waals surface area contributed by atoms with Crippen LogP contribution >= 0.6 is 0 Å². The van der Waals surface area contributed by atoms with Crippen LogP contribution in [0.25, 0.3) is 0 Å². The van der Waals surface area contributed by atoms with Crippen LogP contribution in [0.1, 0.15) is 19.5 Å². The molecule has 0 unspecified atom stereocenters. The van der Waals surface area contributed by atoms with E-state index in [9.17, 15) is 0 Å². The van der Waals surface area contributed by atoms with E-state index in [2.05, 4.69) is 36.0 Å². The number of aromatic nitrogens is 1. The Morgan fingerprint density at radius 1 is 1.48 bits per heavy atom. The SMILES string of the molecule is C=C(NC(C)(C)COc1cccnc1C)[C@H]1[C@@H]2CNC[C@@H]21. The Morgan fingerprint density at radius 2 is 2.19 bits per heavy atom. The molecule has 0 amide bonds. The van der Waals surface area contributed by atoms with Crippen molar-refractivity contribution in [1.29, 1.82) is 0 Å². The maximum Gasteiger partial charge on any atom is 0.140 e. The summed E-state index contributed by atoms with van der Waals surface area (Å²) in [5.41, 5.74) is 1.96. The van der Waals surface area contributed by atoms with E-state index >= 15 is 0 Å². The quantitative estimate of drug-likeness (QED) is 0.841. The molecule has 2 aliphatic rings. The number of hydrogen-bond acceptors (Lipinski definition) is 4. The van der Waals surface area contributed by atoms with E-state index in [0.29, 0.717) is 12.5 Å². The largest absolute Gasteiger partial charge is 0.489 e. The molecule has 1 aliphatic heterocycles. The highest BCUT2D eigenvalue weighted by Gasteiger charge is 2.54. The van der Waals surface area contributed by atoms with E-state index in [1.54, 1.807) is 6.20 Å². The van der Waals surface area contributed by atoms with Crippen LogP contribution in [0, 0.1) is 24.7 Å². The van der Waals surface area contributed by atoms with Gasteiger partial charge in [0.25, 0.3) is 0 Å². The molecule has 21 heavy (non-hydrogen) atoms. The molecule has 2 N–H and O–H groups in total. The zero-order valence-corrected chi connectivity index (χ0v) is 13.1. The third-order valence-corrected chi connectivity index (χ3v) is 4.54. The average molecular weight is 287 g/mol. The lowest BCUT2D eigenvalue weighted by molar-refractivity contribution is 0.214. The van der Waals surface area contributed by atoms with Crippen LogP contribution in [0.2, 0.25) is 0 Å². The number of ether oxygens (including phenoxy) is 1. The zero-order valence-electron chi connectivity index (χ0n) is 13.1. The van der Waals surface area contributed by atoms with Gasteiger partial charge in [-0.15, -0.1) is 0 Å². The summed E-state index contributed by atoms with van der Waals surface area (Å²) >= 11 is 0. The predicted molar refractivity (Wildman–Crippen MR) is 84.2 cm³/mol. The van der Waals surface area contributed by atoms with Gasteiger partial charge in [0.2, 0.25) is 0 Å². The fourth-order valence-electron chi connectivity index (χ4n) is 3.37. The number of nitrogens with one attached hydrogen (secondary N) is 2. The monoisotopic (exact) mass is 287 g/mol. The van der Waals surface area contributed by atoms with Crippen LogP contribution < -0.4 is 15.4 Å². The van der Waals surface area contributed by atoms with Crippen molar-refractivity contribution in [3.63, 3.8) is 0 Å². The van der Waals surface area contributed by atoms with Gasteiger partial charge in [0.1, 0.15) is 12.4 Å². The van der Waals surface area contributed by atoms with Gasteiger partial charge >= 0.3 is 0 Å². The molecule has 1 saturated heterocycles. The molecule has 0 aromatic carbocycles. The van der Waals surface area contributed by atoms with E-state index < -0.39 is 0 Å². The number of piperidine rings is 1. The van der Waals surface area contributed by atoms with Gasteiger partial charge in [-0.05, 0) is 57.8 Å². The summed E-state index contributed by atoms with van der Waals surface area (Å²) in [6.07, 6.45) is 1.79. The van der Waals surface area contributed by atoms with Gasteiger partial charge in [-0.2, -0.15) is 0 Å². The van der Waals surface area contributed by atoms with Gasteiger partial charge in [-0.3, -0.25) is 4.98 Å². The van der Waals surface area contributed by atoms with Crippen LogP contribution in [0.5, 0.6) is 5.75 Å². The lowest BCUT2D eigenvalue weighted by atomic mass is 10.1. The Balaban J connectivity index is 1.52. The van der Waals surface area contributed by atoms with Crippen LogP contribution in [-0.4, -0.2) is 30.2 Å². The van der Waals surface area contributed by atoms with Crippen LogP contribution in [-0.2, 0) is 0 Å². The number of rotatable bonds is 6. The van der Waals surface area contributed by atoms with Crippen molar-refractivity contribution in [2.75, 3.05) is 19.7 Å². The number of nitrogens with zero attached hydrogens (tertiary/aromatic N) is 1. The molecular formula is C17H25N3O. The zero-order chi connectivity index (χ0) is 15.0. The van der Waals surface area contributed by atoms with Gasteiger partial charge in [0.05, 0.1) is 11.2 Å². The summed E-state index contributed by atoms with van der Waals surface area (Å²) in [5.74, 6) is 3.08. The average Bonchev–Trinajstić information content (AvgIpc) is 2.92. The lowest BCUT2D eigenvalue weighted by Crippen LogP contribution is -2.44. The first kappa shape index (κ1) is 14.4. The molecule has 1 saturated carbocycles. The van der Waals surface area contributed by atoms with Crippen molar-refractivity contribution in [2.24, 2.45) is 17.8 Å². The van der Waals surface area contributed by atoms with Crippen molar-refractivity contribution in [3.8, 4) is 5.75 Å². The summed E-state index contributed by atoms with van der Waals surface area (Å²) in [4.78, 5) is 4.25. The Hall–Kier alpha value is -1.55. The van der Waals surface area contributed by atoms with Gasteiger partial charge in [0, 0.05) is 17.8 Å². The van der Waals surface area contributed by atoms with Crippen molar-refractivity contribution in [3.05, 3.63) is 36.3 Å². The third-order valence-electron chi connectivity index (χ3n) is 4.54. The maximum absolute atomic E-state index is 5.92. The topological polar surface area (TPSA) is 46.2 Å². The molecule has 1 aliphatic carbocycles. The second kappa shape index (κ2) is 5.34. The highest BCUT2D eigenvalue weighted by atomic mass is 16.5. The molecular weight excluding hydrogens is 262 g/mol. The summed E-state index contributed by atoms with van der Waals surface area (Å²) in [6, 6.07) is 3.87. The highest BCUT2D eigenvalue weighted by molar-refractivity contribution is 5.25. The minimum absolute atomic E-state index is 0.135. The smallest absolute Gasteiger partial charge is 0.140 e. The highest BCUT2D eigenvalue weighted by Crippen LogP contribution is 2.52. The maximum atomic E-state index is 5.92. The minimum Gasteiger partial charge on any atom is -0.489 e. The van der Waals surface area contributed by atoms with Gasteiger partial charge in [0.15, 0.2) is 0 Å². The number of pyridine rings is 1. The standard InChI is InChI=1S/C17H25N3O/c1-11-15(6-5-7-19-11)21-10-17(3,4)20-12(2)16-13-8-18-9-14(13)16/h5-7,13-14,16,18,20H,2,8-10H2,1,3-4H3/t13-,14+,16+. The van der Waals surface area contributed by atoms with Crippen molar-refractivity contribution < 1.29 is 4.74 Å². The summed E-state index contributed by atoms with van der Waals surface area (Å²) in [6.45, 7) is 13.4. The lowest BCUT2D eigenvalue weighted by Gasteiger charge is -2.29. The van der Waals surface area contributed by atoms with E-state index in [4.69, 9.17) is 4.74 Å². The number of aryl methyl sites for hydroxylation is 1. The fourth-order valence-corrected chi connectivity index (χ4v) is 3.37. The minimum atomic E-state index is -0.135. The Labute approximate surface area is 127 Å². The Bertz CT molecular complexity index is 531. The third kappa shape index (κ3) is 3.05. The van der Waals surface area contributed by atoms with Crippen molar-refractivity contribution in [2.45, 2.75) is 26.3 Å². The van der Waals surface area contributed by atoms with E-state index in [-0.39, 0.29) is 5.54 Å². The van der Waals surface area contributed by atoms with Crippen LogP contribution in [0.15, 0.2) is 30.6 Å². The molecule has 2 heterocycles. The summed E-state index contributed by atoms with van der Waals surface area (Å²) < 4.78 is 5.92. The Kier molecular flexibility index (Phi) is 3.66. The molecule has 0 bridgehead atoms. The first-order valence-electron chi connectivity index (χ1n) is 7.70. The predicted octanol–water partition coefficient (Wildman–Crippen LogP) is 2.12. The Morgan fingerprint density at radius 3 is 2.86 bits per heavy atom. The number of allylic oxidation sites excluding steroid dienone is 1. The molecule has 3 rings (SSSR count). The molecule has 4 nitrogen and oxygen atoms in total. The molecule has 4 heteroatoms. The second-order valence-electron chi connectivity index (χ2n) is 6.92. The first-order valence-corrected chi connectivity index (χ1v) is 7.70. The molecule has 3 atom stereocenters. The van der Waals surface area contributed by atoms with Crippen molar-refractivity contribution >= 4 is 0 Å². The van der Waals surface area contributed by atoms with Crippen LogP contribution in [0.4, 0.5) is 0 Å². The van der Waals surface area contributed by atoms with Crippen LogP contribution in [0.3, 0.4) is 0 Å². The molecule has 2 fully saturated rings.